The van der Waals surface area contributed by atoms with Gasteiger partial charge in [-0.25, -0.2) is 13.9 Å². The van der Waals surface area contributed by atoms with E-state index in [1.54, 1.807) is 0 Å². The second-order valence-electron chi connectivity index (χ2n) is 4.81. The van der Waals surface area contributed by atoms with E-state index in [-0.39, 0.29) is 6.07 Å². The lowest BCUT2D eigenvalue weighted by Crippen LogP contribution is -2.26. The van der Waals surface area contributed by atoms with Gasteiger partial charge in [-0.05, 0) is 0 Å². The lowest BCUT2D eigenvalue weighted by Gasteiger charge is -2.14. The van der Waals surface area contributed by atoms with Crippen molar-refractivity contribution < 1.29 is 22.5 Å². The standard InChI is InChI=1S/C13H5ClF4N4O3/c14-6-3-7(15)9(4-8(6)22(24)25)21-11(23)5-10(13(16,17)18)20-2-1-19-12(20)21/h1-5H. The molecule has 0 aliphatic rings. The number of halogens is 5. The number of nitro groups is 1. The molecule has 0 aliphatic carbocycles. The van der Waals surface area contributed by atoms with Gasteiger partial charge in [-0.15, -0.1) is 0 Å². The van der Waals surface area contributed by atoms with Gasteiger partial charge in [-0.3, -0.25) is 19.3 Å². The normalized spacial score (nSPS) is 11.9. The van der Waals surface area contributed by atoms with E-state index in [9.17, 15) is 32.5 Å². The molecule has 0 amide bonds. The highest BCUT2D eigenvalue weighted by atomic mass is 35.5. The van der Waals surface area contributed by atoms with Crippen LogP contribution in [-0.2, 0) is 6.18 Å². The summed E-state index contributed by atoms with van der Waals surface area (Å²) in [6.07, 6.45) is -2.96. The van der Waals surface area contributed by atoms with Crippen LogP contribution in [0.15, 0.2) is 35.4 Å². The summed E-state index contributed by atoms with van der Waals surface area (Å²) in [5, 5.41) is 10.4. The van der Waals surface area contributed by atoms with Crippen molar-refractivity contribution in [1.82, 2.24) is 14.0 Å². The van der Waals surface area contributed by atoms with Gasteiger partial charge in [0.2, 0.25) is 5.78 Å². The molecule has 0 radical (unpaired) electrons. The van der Waals surface area contributed by atoms with E-state index in [0.717, 1.165) is 12.4 Å². The number of nitro benzene ring substituents is 1. The number of alkyl halides is 3. The maximum absolute atomic E-state index is 14.2. The first kappa shape index (κ1) is 16.9. The van der Waals surface area contributed by atoms with E-state index in [1.807, 2.05) is 0 Å². The summed E-state index contributed by atoms with van der Waals surface area (Å²) in [5.41, 5.74) is -3.94. The minimum Gasteiger partial charge on any atom is -0.280 e. The van der Waals surface area contributed by atoms with Crippen LogP contribution < -0.4 is 5.56 Å². The maximum Gasteiger partial charge on any atom is 0.432 e. The van der Waals surface area contributed by atoms with Crippen molar-refractivity contribution in [3.05, 3.63) is 67.6 Å². The highest BCUT2D eigenvalue weighted by Gasteiger charge is 2.35. The van der Waals surface area contributed by atoms with Crippen molar-refractivity contribution >= 4 is 23.1 Å². The van der Waals surface area contributed by atoms with Gasteiger partial charge in [0.25, 0.3) is 11.2 Å². The number of aromatic nitrogens is 3. The summed E-state index contributed by atoms with van der Waals surface area (Å²) in [4.78, 5) is 25.8. The molecular weight excluding hydrogens is 372 g/mol. The summed E-state index contributed by atoms with van der Waals surface area (Å²) in [7, 11) is 0. The van der Waals surface area contributed by atoms with Gasteiger partial charge >= 0.3 is 6.18 Å². The maximum atomic E-state index is 14.2. The molecule has 0 aliphatic heterocycles. The van der Waals surface area contributed by atoms with E-state index < -0.39 is 50.3 Å². The molecule has 7 nitrogen and oxygen atoms in total. The number of fused-ring (bicyclic) bond motifs is 1. The third kappa shape index (κ3) is 2.71. The van der Waals surface area contributed by atoms with Crippen molar-refractivity contribution in [3.63, 3.8) is 0 Å². The average Bonchev–Trinajstić information content (AvgIpc) is 2.95. The van der Waals surface area contributed by atoms with Crippen molar-refractivity contribution in [1.29, 1.82) is 0 Å². The van der Waals surface area contributed by atoms with Crippen LogP contribution in [0.25, 0.3) is 11.5 Å². The Morgan fingerprint density at radius 2 is 1.92 bits per heavy atom. The van der Waals surface area contributed by atoms with Gasteiger partial charge < -0.3 is 0 Å². The van der Waals surface area contributed by atoms with E-state index in [1.165, 1.54) is 0 Å². The molecule has 0 unspecified atom stereocenters. The van der Waals surface area contributed by atoms with Crippen LogP contribution in [0, 0.1) is 15.9 Å². The molecule has 2 heterocycles. The zero-order chi connectivity index (χ0) is 18.5. The largest absolute Gasteiger partial charge is 0.432 e. The van der Waals surface area contributed by atoms with Crippen LogP contribution >= 0.6 is 11.6 Å². The molecule has 0 atom stereocenters. The van der Waals surface area contributed by atoms with Gasteiger partial charge in [0.05, 0.1) is 10.6 Å². The monoisotopic (exact) mass is 376 g/mol. The molecule has 0 N–H and O–H groups in total. The number of nitrogens with zero attached hydrogens (tertiary/aromatic N) is 4. The van der Waals surface area contributed by atoms with Crippen LogP contribution in [0.2, 0.25) is 5.02 Å². The summed E-state index contributed by atoms with van der Waals surface area (Å²) < 4.78 is 54.3. The highest BCUT2D eigenvalue weighted by molar-refractivity contribution is 6.32. The van der Waals surface area contributed by atoms with Gasteiger partial charge in [0, 0.05) is 30.6 Å². The summed E-state index contributed by atoms with van der Waals surface area (Å²) in [6.45, 7) is 0. The number of hydrogen-bond donors (Lipinski definition) is 0. The molecular formula is C13H5ClF4N4O3. The Morgan fingerprint density at radius 1 is 1.24 bits per heavy atom. The fourth-order valence-electron chi connectivity index (χ4n) is 2.28. The molecule has 0 spiro atoms. The number of imidazole rings is 1. The lowest BCUT2D eigenvalue weighted by molar-refractivity contribution is -0.384. The Hall–Kier alpha value is -2.95. The highest BCUT2D eigenvalue weighted by Crippen LogP contribution is 2.31. The number of benzene rings is 1. The zero-order valence-electron chi connectivity index (χ0n) is 11.8. The van der Waals surface area contributed by atoms with Crippen LogP contribution in [0.5, 0.6) is 0 Å². The quantitative estimate of drug-likeness (QED) is 0.390. The lowest BCUT2D eigenvalue weighted by atomic mass is 10.2. The Labute approximate surface area is 139 Å². The van der Waals surface area contributed by atoms with E-state index in [4.69, 9.17) is 11.6 Å². The minimum absolute atomic E-state index is 0.245. The molecule has 2 aromatic heterocycles. The number of rotatable bonds is 2. The second-order valence-corrected chi connectivity index (χ2v) is 5.22. The molecule has 0 saturated heterocycles. The van der Waals surface area contributed by atoms with Gasteiger partial charge in [-0.1, -0.05) is 11.6 Å². The SMILES string of the molecule is O=c1cc(C(F)(F)F)n2ccnc2n1-c1cc([N+](=O)[O-])c(Cl)cc1F. The van der Waals surface area contributed by atoms with Crippen molar-refractivity contribution in [3.8, 4) is 5.69 Å². The van der Waals surface area contributed by atoms with Crippen LogP contribution in [-0.4, -0.2) is 18.9 Å². The molecule has 1 aromatic carbocycles. The minimum atomic E-state index is -4.86. The summed E-state index contributed by atoms with van der Waals surface area (Å²) in [6, 6.07) is 1.49. The first-order chi connectivity index (χ1) is 11.6. The van der Waals surface area contributed by atoms with Gasteiger partial charge in [0.1, 0.15) is 16.5 Å². The average molecular weight is 377 g/mol. The summed E-state index contributed by atoms with van der Waals surface area (Å²) in [5.74, 6) is -1.70. The third-order valence-electron chi connectivity index (χ3n) is 3.31. The van der Waals surface area contributed by atoms with Crippen LogP contribution in [0.1, 0.15) is 5.69 Å². The van der Waals surface area contributed by atoms with Crippen LogP contribution in [0.4, 0.5) is 23.2 Å². The van der Waals surface area contributed by atoms with Gasteiger partial charge in [0.15, 0.2) is 0 Å². The first-order valence-corrected chi connectivity index (χ1v) is 6.79. The number of hydrogen-bond acceptors (Lipinski definition) is 4. The fourth-order valence-corrected chi connectivity index (χ4v) is 2.50. The third-order valence-corrected chi connectivity index (χ3v) is 3.61. The van der Waals surface area contributed by atoms with Crippen molar-refractivity contribution in [2.45, 2.75) is 6.18 Å². The Balaban J connectivity index is 2.41. The topological polar surface area (TPSA) is 82.4 Å². The Morgan fingerprint density at radius 3 is 2.52 bits per heavy atom. The predicted octanol–water partition coefficient (Wildman–Crippen LogP) is 3.20. The molecule has 130 valence electrons. The van der Waals surface area contributed by atoms with Crippen molar-refractivity contribution in [2.75, 3.05) is 0 Å². The molecule has 12 heteroatoms. The smallest absolute Gasteiger partial charge is 0.280 e. The molecule has 3 aromatic rings. The van der Waals surface area contributed by atoms with E-state index in [2.05, 4.69) is 4.98 Å². The zero-order valence-corrected chi connectivity index (χ0v) is 12.5. The second kappa shape index (κ2) is 5.55. The Kier molecular flexibility index (Phi) is 3.75. The Bertz CT molecular complexity index is 1070. The first-order valence-electron chi connectivity index (χ1n) is 6.41. The van der Waals surface area contributed by atoms with Gasteiger partial charge in [-0.2, -0.15) is 13.2 Å². The summed E-state index contributed by atoms with van der Waals surface area (Å²) >= 11 is 5.57. The molecule has 3 rings (SSSR count). The van der Waals surface area contributed by atoms with E-state index in [0.29, 0.717) is 21.1 Å². The van der Waals surface area contributed by atoms with Crippen molar-refractivity contribution in [2.24, 2.45) is 0 Å². The molecule has 0 saturated carbocycles. The van der Waals surface area contributed by atoms with E-state index >= 15 is 0 Å². The molecule has 0 fully saturated rings. The fraction of sp³-hybridized carbons (Fsp3) is 0.0769. The predicted molar refractivity (Wildman–Crippen MR) is 77.4 cm³/mol. The van der Waals surface area contributed by atoms with Crippen LogP contribution in [0.3, 0.4) is 0 Å². The molecule has 25 heavy (non-hydrogen) atoms. The molecule has 0 bridgehead atoms.